The summed E-state index contributed by atoms with van der Waals surface area (Å²) in [6, 6.07) is 15.1. The fourth-order valence-electron chi connectivity index (χ4n) is 2.77. The third-order valence-electron chi connectivity index (χ3n) is 4.04. The molecule has 1 atom stereocenters. The first-order chi connectivity index (χ1) is 12.1. The zero-order chi connectivity index (χ0) is 17.8. The van der Waals surface area contributed by atoms with Crippen LogP contribution >= 0.6 is 0 Å². The van der Waals surface area contributed by atoms with Gasteiger partial charge in [-0.2, -0.15) is 0 Å². The number of rotatable bonds is 3. The van der Waals surface area contributed by atoms with E-state index in [1.807, 2.05) is 49.4 Å². The fourth-order valence-corrected chi connectivity index (χ4v) is 2.77. The van der Waals surface area contributed by atoms with Crippen LogP contribution in [0.4, 0.5) is 5.69 Å². The first kappa shape index (κ1) is 16.8. The number of anilines is 1. The Morgan fingerprint density at radius 1 is 1.20 bits per heavy atom. The first-order valence-electron chi connectivity index (χ1n) is 8.12. The zero-order valence-corrected chi connectivity index (χ0v) is 14.2. The second-order valence-corrected chi connectivity index (χ2v) is 5.88. The number of fused-ring (bicyclic) bond motifs is 1. The van der Waals surface area contributed by atoms with Crippen molar-refractivity contribution in [2.24, 2.45) is 0 Å². The molecule has 1 heterocycles. The lowest BCUT2D eigenvalue weighted by atomic mass is 10.1. The molecule has 0 spiro atoms. The van der Waals surface area contributed by atoms with Crippen LogP contribution in [0.1, 0.15) is 11.1 Å². The second-order valence-electron chi connectivity index (χ2n) is 5.88. The van der Waals surface area contributed by atoms with Gasteiger partial charge in [-0.05, 0) is 30.7 Å². The average molecular weight is 336 g/mol. The molecule has 3 rings (SSSR count). The molecule has 0 fully saturated rings. The maximum atomic E-state index is 12.7. The van der Waals surface area contributed by atoms with Crippen LogP contribution in [-0.2, 0) is 9.59 Å². The largest absolute Gasteiger partial charge is 0.477 e. The van der Waals surface area contributed by atoms with Gasteiger partial charge < -0.3 is 15.0 Å². The van der Waals surface area contributed by atoms with Crippen molar-refractivity contribution < 1.29 is 14.3 Å². The lowest BCUT2D eigenvalue weighted by Gasteiger charge is -2.33. The van der Waals surface area contributed by atoms with E-state index in [9.17, 15) is 9.59 Å². The minimum absolute atomic E-state index is 0.174. The van der Waals surface area contributed by atoms with Gasteiger partial charge in [0.2, 0.25) is 0 Å². The van der Waals surface area contributed by atoms with Gasteiger partial charge in [-0.15, -0.1) is 0 Å². The number of benzene rings is 2. The third-order valence-corrected chi connectivity index (χ3v) is 4.04. The molecule has 0 unspecified atom stereocenters. The Morgan fingerprint density at radius 2 is 2.00 bits per heavy atom. The van der Waals surface area contributed by atoms with Gasteiger partial charge in [0.1, 0.15) is 5.75 Å². The molecular weight excluding hydrogens is 316 g/mol. The van der Waals surface area contributed by atoms with Gasteiger partial charge >= 0.3 is 0 Å². The Balaban J connectivity index is 1.86. The lowest BCUT2D eigenvalue weighted by molar-refractivity contribution is -0.127. The number of nitrogens with zero attached hydrogens (tertiary/aromatic N) is 1. The summed E-state index contributed by atoms with van der Waals surface area (Å²) in [5.74, 6) is 0.0841. The topological polar surface area (TPSA) is 58.6 Å². The number of hydrogen-bond acceptors (Lipinski definition) is 3. The summed E-state index contributed by atoms with van der Waals surface area (Å²) in [5.41, 5.74) is 2.75. The molecular formula is C20H20N2O3. The van der Waals surface area contributed by atoms with E-state index < -0.39 is 6.10 Å². The molecule has 0 saturated heterocycles. The van der Waals surface area contributed by atoms with Crippen LogP contribution in [0.5, 0.6) is 5.75 Å². The maximum Gasteiger partial charge on any atom is 0.262 e. The van der Waals surface area contributed by atoms with Gasteiger partial charge in [-0.1, -0.05) is 42.0 Å². The number of aryl methyl sites for hydroxylation is 1. The molecule has 1 aliphatic heterocycles. The van der Waals surface area contributed by atoms with Crippen LogP contribution in [0.25, 0.3) is 6.08 Å². The highest BCUT2D eigenvalue weighted by molar-refractivity contribution is 6.05. The van der Waals surface area contributed by atoms with Crippen LogP contribution in [0.3, 0.4) is 0 Å². The molecule has 0 aliphatic carbocycles. The summed E-state index contributed by atoms with van der Waals surface area (Å²) in [6.07, 6.45) is 2.58. The highest BCUT2D eigenvalue weighted by Crippen LogP contribution is 2.33. The molecule has 5 heteroatoms. The van der Waals surface area contributed by atoms with Crippen LogP contribution in [-0.4, -0.2) is 31.5 Å². The first-order valence-corrected chi connectivity index (χ1v) is 8.12. The van der Waals surface area contributed by atoms with E-state index in [4.69, 9.17) is 4.74 Å². The van der Waals surface area contributed by atoms with Gasteiger partial charge in [-0.25, -0.2) is 0 Å². The third kappa shape index (κ3) is 3.71. The number of carbonyl (C=O) groups excluding carboxylic acids is 2. The standard InChI is InChI=1S/C20H20N2O3/c1-14-6-5-7-15(12-14)10-11-19(23)22-13-18(20(24)21-2)25-17-9-4-3-8-16(17)22/h3-12,18H,13H2,1-2H3,(H,21,24)/b11-10+/t18-/m1/s1. The number of carbonyl (C=O) groups is 2. The Hall–Kier alpha value is -3.08. The van der Waals surface area contributed by atoms with Crippen molar-refractivity contribution in [3.63, 3.8) is 0 Å². The summed E-state index contributed by atoms with van der Waals surface area (Å²) < 4.78 is 5.71. The summed E-state index contributed by atoms with van der Waals surface area (Å²) in [5, 5.41) is 2.57. The molecule has 128 valence electrons. The van der Waals surface area contributed by atoms with Crippen molar-refractivity contribution in [2.45, 2.75) is 13.0 Å². The Bertz CT molecular complexity index is 829. The summed E-state index contributed by atoms with van der Waals surface area (Å²) in [7, 11) is 1.55. The Kier molecular flexibility index (Phi) is 4.84. The van der Waals surface area contributed by atoms with Gasteiger partial charge in [0.05, 0.1) is 12.2 Å². The van der Waals surface area contributed by atoms with E-state index in [-0.39, 0.29) is 18.4 Å². The zero-order valence-electron chi connectivity index (χ0n) is 14.2. The van der Waals surface area contributed by atoms with Crippen molar-refractivity contribution in [3.8, 4) is 5.75 Å². The smallest absolute Gasteiger partial charge is 0.262 e. The summed E-state index contributed by atoms with van der Waals surface area (Å²) in [4.78, 5) is 26.3. The number of nitrogens with one attached hydrogen (secondary N) is 1. The molecule has 0 saturated carbocycles. The molecule has 2 aromatic carbocycles. The molecule has 1 N–H and O–H groups in total. The number of likely N-dealkylation sites (N-methyl/N-ethyl adjacent to an activating group) is 1. The van der Waals surface area contributed by atoms with Gasteiger partial charge in [-0.3, -0.25) is 9.59 Å². The molecule has 25 heavy (non-hydrogen) atoms. The predicted molar refractivity (Wildman–Crippen MR) is 97.5 cm³/mol. The number of para-hydroxylation sites is 2. The minimum atomic E-state index is -0.726. The number of hydrogen-bond donors (Lipinski definition) is 1. The average Bonchev–Trinajstić information content (AvgIpc) is 2.64. The van der Waals surface area contributed by atoms with Crippen LogP contribution < -0.4 is 15.0 Å². The molecule has 2 amide bonds. The molecule has 2 aromatic rings. The molecule has 0 bridgehead atoms. The second kappa shape index (κ2) is 7.21. The van der Waals surface area contributed by atoms with Crippen molar-refractivity contribution in [2.75, 3.05) is 18.5 Å². The Morgan fingerprint density at radius 3 is 2.76 bits per heavy atom. The molecule has 1 aliphatic rings. The quantitative estimate of drug-likeness (QED) is 0.877. The summed E-state index contributed by atoms with van der Waals surface area (Å²) in [6.45, 7) is 2.18. The van der Waals surface area contributed by atoms with Gasteiger partial charge in [0.25, 0.3) is 11.8 Å². The molecule has 0 radical (unpaired) electrons. The molecule has 5 nitrogen and oxygen atoms in total. The van der Waals surface area contributed by atoms with E-state index >= 15 is 0 Å². The summed E-state index contributed by atoms with van der Waals surface area (Å²) >= 11 is 0. The number of amides is 2. The van der Waals surface area contributed by atoms with Gasteiger partial charge in [0, 0.05) is 13.1 Å². The predicted octanol–water partition coefficient (Wildman–Crippen LogP) is 2.55. The van der Waals surface area contributed by atoms with Crippen LogP contribution in [0, 0.1) is 6.92 Å². The normalized spacial score (nSPS) is 16.2. The van der Waals surface area contributed by atoms with Gasteiger partial charge in [0.15, 0.2) is 6.10 Å². The van der Waals surface area contributed by atoms with Crippen molar-refractivity contribution in [1.82, 2.24) is 5.32 Å². The van der Waals surface area contributed by atoms with Crippen LogP contribution in [0.15, 0.2) is 54.6 Å². The molecule has 0 aromatic heterocycles. The Labute approximate surface area is 146 Å². The van der Waals surface area contributed by atoms with Crippen molar-refractivity contribution in [3.05, 3.63) is 65.7 Å². The van der Waals surface area contributed by atoms with Crippen molar-refractivity contribution >= 4 is 23.6 Å². The fraction of sp³-hybridized carbons (Fsp3) is 0.200. The van der Waals surface area contributed by atoms with Crippen molar-refractivity contribution in [1.29, 1.82) is 0 Å². The van der Waals surface area contributed by atoms with E-state index in [2.05, 4.69) is 5.32 Å². The monoisotopic (exact) mass is 336 g/mol. The van der Waals surface area contributed by atoms with Crippen LogP contribution in [0.2, 0.25) is 0 Å². The minimum Gasteiger partial charge on any atom is -0.477 e. The SMILES string of the molecule is CNC(=O)[C@H]1CN(C(=O)/C=C/c2cccc(C)c2)c2ccccc2O1. The van der Waals surface area contributed by atoms with E-state index in [0.29, 0.717) is 11.4 Å². The van der Waals surface area contributed by atoms with E-state index in [1.165, 1.54) is 6.08 Å². The highest BCUT2D eigenvalue weighted by atomic mass is 16.5. The van der Waals surface area contributed by atoms with E-state index in [0.717, 1.165) is 11.1 Å². The van der Waals surface area contributed by atoms with E-state index in [1.54, 1.807) is 24.1 Å². The maximum absolute atomic E-state index is 12.7. The lowest BCUT2D eigenvalue weighted by Crippen LogP contribution is -2.49. The highest BCUT2D eigenvalue weighted by Gasteiger charge is 2.32. The number of ether oxygens (including phenoxy) is 1.